The van der Waals surface area contributed by atoms with Crippen molar-refractivity contribution < 1.29 is 0 Å². The Morgan fingerprint density at radius 3 is 2.67 bits per heavy atom. The molecule has 2 heteroatoms. The van der Waals surface area contributed by atoms with Crippen molar-refractivity contribution in [3.05, 3.63) is 35.4 Å². The average molecular weight is 246 g/mol. The van der Waals surface area contributed by atoms with Crippen molar-refractivity contribution in [2.45, 2.75) is 45.8 Å². The summed E-state index contributed by atoms with van der Waals surface area (Å²) in [5.41, 5.74) is 2.84. The molecule has 0 atom stereocenters. The molecule has 1 aliphatic carbocycles. The maximum atomic E-state index is 3.50. The summed E-state index contributed by atoms with van der Waals surface area (Å²) in [7, 11) is 2.24. The van der Waals surface area contributed by atoms with E-state index in [0.717, 1.165) is 25.7 Å². The van der Waals surface area contributed by atoms with Crippen LogP contribution in [-0.4, -0.2) is 24.5 Å². The van der Waals surface area contributed by atoms with Crippen LogP contribution >= 0.6 is 0 Å². The molecule has 1 aromatic rings. The fourth-order valence-corrected chi connectivity index (χ4v) is 2.28. The molecule has 1 fully saturated rings. The first-order valence-electron chi connectivity index (χ1n) is 7.14. The van der Waals surface area contributed by atoms with E-state index in [9.17, 15) is 0 Å². The van der Waals surface area contributed by atoms with Crippen LogP contribution in [0.25, 0.3) is 0 Å². The van der Waals surface area contributed by atoms with Crippen molar-refractivity contribution in [2.24, 2.45) is 5.92 Å². The summed E-state index contributed by atoms with van der Waals surface area (Å²) in [6.45, 7) is 7.65. The SMILES string of the molecule is CC(C)CNCc1cccc(CN(C)C2CC2)c1. The van der Waals surface area contributed by atoms with Crippen LogP contribution in [0, 0.1) is 5.92 Å². The molecule has 2 rings (SSSR count). The van der Waals surface area contributed by atoms with E-state index >= 15 is 0 Å². The Balaban J connectivity index is 1.84. The van der Waals surface area contributed by atoms with Crippen LogP contribution in [-0.2, 0) is 13.1 Å². The fourth-order valence-electron chi connectivity index (χ4n) is 2.28. The Morgan fingerprint density at radius 2 is 2.00 bits per heavy atom. The van der Waals surface area contributed by atoms with Crippen LogP contribution in [0.3, 0.4) is 0 Å². The second-order valence-electron chi connectivity index (χ2n) is 5.99. The van der Waals surface area contributed by atoms with Crippen molar-refractivity contribution in [1.29, 1.82) is 0 Å². The molecule has 0 heterocycles. The van der Waals surface area contributed by atoms with Gasteiger partial charge in [0.25, 0.3) is 0 Å². The lowest BCUT2D eigenvalue weighted by atomic mass is 10.1. The highest BCUT2D eigenvalue weighted by atomic mass is 15.1. The number of rotatable bonds is 7. The molecule has 0 bridgehead atoms. The molecule has 0 aromatic heterocycles. The Morgan fingerprint density at radius 1 is 1.28 bits per heavy atom. The van der Waals surface area contributed by atoms with Crippen molar-refractivity contribution in [3.8, 4) is 0 Å². The summed E-state index contributed by atoms with van der Waals surface area (Å²) in [5, 5.41) is 3.50. The molecule has 0 saturated heterocycles. The second kappa shape index (κ2) is 6.35. The van der Waals surface area contributed by atoms with Crippen LogP contribution in [0.1, 0.15) is 37.8 Å². The zero-order valence-electron chi connectivity index (χ0n) is 11.9. The Kier molecular flexibility index (Phi) is 4.79. The molecule has 0 unspecified atom stereocenters. The summed E-state index contributed by atoms with van der Waals surface area (Å²) in [6, 6.07) is 9.82. The molecule has 0 aliphatic heterocycles. The van der Waals surface area contributed by atoms with Crippen LogP contribution in [0.15, 0.2) is 24.3 Å². The molecule has 18 heavy (non-hydrogen) atoms. The van der Waals surface area contributed by atoms with Crippen molar-refractivity contribution in [3.63, 3.8) is 0 Å². The van der Waals surface area contributed by atoms with Gasteiger partial charge in [0.05, 0.1) is 0 Å². The fraction of sp³-hybridized carbons (Fsp3) is 0.625. The lowest BCUT2D eigenvalue weighted by Crippen LogP contribution is -2.21. The van der Waals surface area contributed by atoms with E-state index in [-0.39, 0.29) is 0 Å². The van der Waals surface area contributed by atoms with Crippen molar-refractivity contribution in [2.75, 3.05) is 13.6 Å². The quantitative estimate of drug-likeness (QED) is 0.795. The maximum absolute atomic E-state index is 3.50. The zero-order chi connectivity index (χ0) is 13.0. The van der Waals surface area contributed by atoms with Gasteiger partial charge in [0, 0.05) is 19.1 Å². The highest BCUT2D eigenvalue weighted by Gasteiger charge is 2.25. The monoisotopic (exact) mass is 246 g/mol. The molecule has 1 saturated carbocycles. The van der Waals surface area contributed by atoms with Gasteiger partial charge in [-0.3, -0.25) is 4.90 Å². The Bertz CT molecular complexity index is 369. The molecular weight excluding hydrogens is 220 g/mol. The standard InChI is InChI=1S/C16H26N2/c1-13(2)10-17-11-14-5-4-6-15(9-14)12-18(3)16-7-8-16/h4-6,9,13,16-17H,7-8,10-12H2,1-3H3. The smallest absolute Gasteiger partial charge is 0.0233 e. The molecule has 0 radical (unpaired) electrons. The molecule has 0 amide bonds. The minimum absolute atomic E-state index is 0.717. The van der Waals surface area contributed by atoms with Crippen LogP contribution in [0.2, 0.25) is 0 Å². The van der Waals surface area contributed by atoms with E-state index in [4.69, 9.17) is 0 Å². The molecule has 1 aliphatic rings. The van der Waals surface area contributed by atoms with Crippen molar-refractivity contribution >= 4 is 0 Å². The number of benzene rings is 1. The van der Waals surface area contributed by atoms with Gasteiger partial charge in [0.1, 0.15) is 0 Å². The highest BCUT2D eigenvalue weighted by molar-refractivity contribution is 5.23. The Hall–Kier alpha value is -0.860. The van der Waals surface area contributed by atoms with Gasteiger partial charge in [0.2, 0.25) is 0 Å². The first-order chi connectivity index (χ1) is 8.65. The minimum atomic E-state index is 0.717. The van der Waals surface area contributed by atoms with Crippen LogP contribution < -0.4 is 5.32 Å². The summed E-state index contributed by atoms with van der Waals surface area (Å²) in [4.78, 5) is 2.47. The molecule has 1 N–H and O–H groups in total. The van der Waals surface area contributed by atoms with Gasteiger partial charge in [-0.2, -0.15) is 0 Å². The number of nitrogens with one attached hydrogen (secondary N) is 1. The largest absolute Gasteiger partial charge is 0.312 e. The van der Waals surface area contributed by atoms with Crippen molar-refractivity contribution in [1.82, 2.24) is 10.2 Å². The van der Waals surface area contributed by atoms with E-state index in [2.05, 4.69) is 55.4 Å². The van der Waals surface area contributed by atoms with E-state index in [0.29, 0.717) is 5.92 Å². The first kappa shape index (κ1) is 13.6. The number of hydrogen-bond donors (Lipinski definition) is 1. The number of nitrogens with zero attached hydrogens (tertiary/aromatic N) is 1. The van der Waals surface area contributed by atoms with Crippen LogP contribution in [0.4, 0.5) is 0 Å². The van der Waals surface area contributed by atoms with Gasteiger partial charge in [0.15, 0.2) is 0 Å². The Labute approximate surface area is 111 Å². The average Bonchev–Trinajstić information content (AvgIpc) is 3.12. The summed E-state index contributed by atoms with van der Waals surface area (Å²) in [6.07, 6.45) is 2.76. The van der Waals surface area contributed by atoms with Gasteiger partial charge in [-0.25, -0.2) is 0 Å². The topological polar surface area (TPSA) is 15.3 Å². The van der Waals surface area contributed by atoms with Gasteiger partial charge in [-0.1, -0.05) is 38.1 Å². The summed E-state index contributed by atoms with van der Waals surface area (Å²) >= 11 is 0. The van der Waals surface area contributed by atoms with Gasteiger partial charge < -0.3 is 5.32 Å². The molecule has 1 aromatic carbocycles. The predicted octanol–water partition coefficient (Wildman–Crippen LogP) is 3.03. The highest BCUT2D eigenvalue weighted by Crippen LogP contribution is 2.26. The second-order valence-corrected chi connectivity index (χ2v) is 5.99. The van der Waals surface area contributed by atoms with Gasteiger partial charge in [-0.15, -0.1) is 0 Å². The molecule has 100 valence electrons. The summed E-state index contributed by atoms with van der Waals surface area (Å²) < 4.78 is 0. The molecular formula is C16H26N2. The molecule has 2 nitrogen and oxygen atoms in total. The zero-order valence-corrected chi connectivity index (χ0v) is 11.9. The maximum Gasteiger partial charge on any atom is 0.0233 e. The van der Waals surface area contributed by atoms with E-state index in [1.807, 2.05) is 0 Å². The van der Waals surface area contributed by atoms with E-state index in [1.54, 1.807) is 0 Å². The molecule has 0 spiro atoms. The minimum Gasteiger partial charge on any atom is -0.312 e. The predicted molar refractivity (Wildman–Crippen MR) is 77.5 cm³/mol. The normalized spacial score (nSPS) is 15.6. The van der Waals surface area contributed by atoms with Gasteiger partial charge in [-0.05, 0) is 43.5 Å². The first-order valence-corrected chi connectivity index (χ1v) is 7.14. The summed E-state index contributed by atoms with van der Waals surface area (Å²) in [5.74, 6) is 0.717. The third-order valence-electron chi connectivity index (χ3n) is 3.48. The lowest BCUT2D eigenvalue weighted by molar-refractivity contribution is 0.316. The van der Waals surface area contributed by atoms with Gasteiger partial charge >= 0.3 is 0 Å². The van der Waals surface area contributed by atoms with Crippen LogP contribution in [0.5, 0.6) is 0 Å². The van der Waals surface area contributed by atoms with E-state index < -0.39 is 0 Å². The van der Waals surface area contributed by atoms with E-state index in [1.165, 1.54) is 24.0 Å². The lowest BCUT2D eigenvalue weighted by Gasteiger charge is -2.16. The third kappa shape index (κ3) is 4.43. The number of hydrogen-bond acceptors (Lipinski definition) is 2. The third-order valence-corrected chi connectivity index (χ3v) is 3.48.